The van der Waals surface area contributed by atoms with Crippen LogP contribution in [0.2, 0.25) is 0 Å². The number of halogens is 1. The molecule has 1 aromatic carbocycles. The number of carbonyl (C=O) groups excluding carboxylic acids is 1. The van der Waals surface area contributed by atoms with Crippen LogP contribution in [0.25, 0.3) is 0 Å². The lowest BCUT2D eigenvalue weighted by Gasteiger charge is -2.37. The van der Waals surface area contributed by atoms with Crippen LogP contribution in [-0.2, 0) is 0 Å². The third kappa shape index (κ3) is 4.38. The minimum atomic E-state index is -0.221. The van der Waals surface area contributed by atoms with Crippen molar-refractivity contribution in [3.63, 3.8) is 0 Å². The first-order valence-corrected chi connectivity index (χ1v) is 10.2. The number of hydrogen-bond acceptors (Lipinski definition) is 6. The molecule has 0 radical (unpaired) electrons. The standard InChI is InChI=1S/C21H27FN6O/c1-2-23-21-24-10-16(11-25-21)20(29)28-9-3-4-15(13-28)19-18(12-26-27-19)14-5-7-17(22)8-6-14/h5-8,10-11,15,18-19,26-27H,2-4,9,12-13H2,1H3,(H,23,24,25). The van der Waals surface area contributed by atoms with Crippen molar-refractivity contribution in [1.29, 1.82) is 0 Å². The molecule has 0 aliphatic carbocycles. The molecule has 3 unspecified atom stereocenters. The van der Waals surface area contributed by atoms with E-state index in [0.29, 0.717) is 24.0 Å². The Morgan fingerprint density at radius 3 is 2.76 bits per heavy atom. The van der Waals surface area contributed by atoms with Crippen LogP contribution in [0.3, 0.4) is 0 Å². The molecule has 3 N–H and O–H groups in total. The van der Waals surface area contributed by atoms with Crippen molar-refractivity contribution in [2.45, 2.75) is 31.7 Å². The third-order valence-corrected chi connectivity index (χ3v) is 5.81. The van der Waals surface area contributed by atoms with Gasteiger partial charge in [-0.15, -0.1) is 0 Å². The molecule has 2 aliphatic rings. The number of rotatable bonds is 5. The lowest BCUT2D eigenvalue weighted by molar-refractivity contribution is 0.0643. The van der Waals surface area contributed by atoms with Crippen molar-refractivity contribution in [3.05, 3.63) is 53.6 Å². The summed E-state index contributed by atoms with van der Waals surface area (Å²) < 4.78 is 13.3. The van der Waals surface area contributed by atoms with Crippen molar-refractivity contribution in [1.82, 2.24) is 25.7 Å². The van der Waals surface area contributed by atoms with Gasteiger partial charge in [-0.25, -0.2) is 14.4 Å². The molecular weight excluding hydrogens is 371 g/mol. The molecule has 154 valence electrons. The van der Waals surface area contributed by atoms with E-state index in [0.717, 1.165) is 38.0 Å². The Balaban J connectivity index is 1.44. The molecule has 4 rings (SSSR count). The first-order valence-electron chi connectivity index (χ1n) is 10.2. The van der Waals surface area contributed by atoms with E-state index in [1.807, 2.05) is 24.0 Å². The molecule has 3 atom stereocenters. The number of anilines is 1. The Kier molecular flexibility index (Phi) is 6.01. The number of hydrogen-bond donors (Lipinski definition) is 3. The molecule has 0 saturated carbocycles. The van der Waals surface area contributed by atoms with Gasteiger partial charge < -0.3 is 10.2 Å². The second-order valence-corrected chi connectivity index (χ2v) is 7.69. The average molecular weight is 398 g/mol. The molecule has 0 bridgehead atoms. The van der Waals surface area contributed by atoms with E-state index < -0.39 is 0 Å². The highest BCUT2D eigenvalue weighted by atomic mass is 19.1. The summed E-state index contributed by atoms with van der Waals surface area (Å²) in [5, 5.41) is 3.04. The number of nitrogens with one attached hydrogen (secondary N) is 3. The Labute approximate surface area is 170 Å². The number of carbonyl (C=O) groups is 1. The van der Waals surface area contributed by atoms with Gasteiger partial charge in [0.25, 0.3) is 5.91 Å². The van der Waals surface area contributed by atoms with Gasteiger partial charge in [0.05, 0.1) is 5.56 Å². The quantitative estimate of drug-likeness (QED) is 0.716. The molecule has 1 aromatic heterocycles. The zero-order valence-electron chi connectivity index (χ0n) is 16.6. The number of hydrazine groups is 1. The van der Waals surface area contributed by atoms with Gasteiger partial charge in [0.1, 0.15) is 5.82 Å². The molecule has 3 heterocycles. The van der Waals surface area contributed by atoms with E-state index in [4.69, 9.17) is 0 Å². The second kappa shape index (κ2) is 8.84. The highest BCUT2D eigenvalue weighted by molar-refractivity contribution is 5.93. The minimum Gasteiger partial charge on any atom is -0.355 e. The highest BCUT2D eigenvalue weighted by Gasteiger charge is 2.37. The van der Waals surface area contributed by atoms with Crippen molar-refractivity contribution >= 4 is 11.9 Å². The number of nitrogens with zero attached hydrogens (tertiary/aromatic N) is 3. The highest BCUT2D eigenvalue weighted by Crippen LogP contribution is 2.32. The lowest BCUT2D eigenvalue weighted by atomic mass is 9.81. The predicted molar refractivity (Wildman–Crippen MR) is 109 cm³/mol. The van der Waals surface area contributed by atoms with Crippen LogP contribution in [0.1, 0.15) is 41.6 Å². The predicted octanol–water partition coefficient (Wildman–Crippen LogP) is 2.16. The molecule has 29 heavy (non-hydrogen) atoms. The summed E-state index contributed by atoms with van der Waals surface area (Å²) in [6, 6.07) is 6.94. The van der Waals surface area contributed by atoms with E-state index in [2.05, 4.69) is 26.1 Å². The number of benzene rings is 1. The van der Waals surface area contributed by atoms with Gasteiger partial charge in [0, 0.05) is 50.5 Å². The van der Waals surface area contributed by atoms with E-state index in [-0.39, 0.29) is 23.7 Å². The summed E-state index contributed by atoms with van der Waals surface area (Å²) in [4.78, 5) is 23.3. The van der Waals surface area contributed by atoms with Gasteiger partial charge >= 0.3 is 0 Å². The zero-order valence-corrected chi connectivity index (χ0v) is 16.6. The van der Waals surface area contributed by atoms with Crippen LogP contribution in [0.5, 0.6) is 0 Å². The summed E-state index contributed by atoms with van der Waals surface area (Å²) >= 11 is 0. The number of piperidine rings is 1. The Bertz CT molecular complexity index is 828. The summed E-state index contributed by atoms with van der Waals surface area (Å²) in [7, 11) is 0. The maximum atomic E-state index is 13.3. The van der Waals surface area contributed by atoms with Crippen LogP contribution < -0.4 is 16.2 Å². The fourth-order valence-electron chi connectivity index (χ4n) is 4.35. The first-order chi connectivity index (χ1) is 14.2. The topological polar surface area (TPSA) is 82.2 Å². The average Bonchev–Trinajstić information content (AvgIpc) is 3.25. The van der Waals surface area contributed by atoms with Gasteiger partial charge in [-0.3, -0.25) is 15.6 Å². The Hall–Kier alpha value is -2.58. The van der Waals surface area contributed by atoms with Crippen LogP contribution in [0, 0.1) is 11.7 Å². The molecule has 2 fully saturated rings. The second-order valence-electron chi connectivity index (χ2n) is 7.69. The van der Waals surface area contributed by atoms with Gasteiger partial charge in [0.2, 0.25) is 5.95 Å². The summed E-state index contributed by atoms with van der Waals surface area (Å²) in [5.74, 6) is 0.852. The third-order valence-electron chi connectivity index (χ3n) is 5.81. The minimum absolute atomic E-state index is 0.0259. The largest absolute Gasteiger partial charge is 0.355 e. The number of likely N-dealkylation sites (tertiary alicyclic amines) is 1. The van der Waals surface area contributed by atoms with Gasteiger partial charge in [-0.2, -0.15) is 0 Å². The van der Waals surface area contributed by atoms with Crippen molar-refractivity contribution in [2.75, 3.05) is 31.5 Å². The van der Waals surface area contributed by atoms with Gasteiger partial charge in [-0.1, -0.05) is 12.1 Å². The fourth-order valence-corrected chi connectivity index (χ4v) is 4.35. The first kappa shape index (κ1) is 19.7. The maximum absolute atomic E-state index is 13.3. The number of amides is 1. The van der Waals surface area contributed by atoms with Crippen molar-refractivity contribution in [2.24, 2.45) is 5.92 Å². The maximum Gasteiger partial charge on any atom is 0.257 e. The molecule has 7 nitrogen and oxygen atoms in total. The SMILES string of the molecule is CCNc1ncc(C(=O)N2CCCC(C3NNCC3c3ccc(F)cc3)C2)cn1. The molecule has 2 aromatic rings. The molecule has 1 amide bonds. The summed E-state index contributed by atoms with van der Waals surface area (Å²) in [5.41, 5.74) is 8.28. The fraction of sp³-hybridized carbons (Fsp3) is 0.476. The summed E-state index contributed by atoms with van der Waals surface area (Å²) in [6.45, 7) is 4.93. The van der Waals surface area contributed by atoms with Crippen LogP contribution in [0.15, 0.2) is 36.7 Å². The lowest BCUT2D eigenvalue weighted by Crippen LogP contribution is -2.48. The van der Waals surface area contributed by atoms with E-state index in [1.165, 1.54) is 12.1 Å². The Morgan fingerprint density at radius 2 is 2.03 bits per heavy atom. The van der Waals surface area contributed by atoms with Gasteiger partial charge in [-0.05, 0) is 43.4 Å². The van der Waals surface area contributed by atoms with E-state index in [9.17, 15) is 9.18 Å². The van der Waals surface area contributed by atoms with E-state index in [1.54, 1.807) is 12.4 Å². The van der Waals surface area contributed by atoms with Crippen molar-refractivity contribution in [3.8, 4) is 0 Å². The van der Waals surface area contributed by atoms with Crippen LogP contribution in [-0.4, -0.2) is 53.0 Å². The van der Waals surface area contributed by atoms with Crippen molar-refractivity contribution < 1.29 is 9.18 Å². The molecule has 2 aliphatic heterocycles. The molecular formula is C21H27FN6O. The normalized spacial score (nSPS) is 24.5. The van der Waals surface area contributed by atoms with Crippen LogP contribution >= 0.6 is 0 Å². The van der Waals surface area contributed by atoms with Gasteiger partial charge in [0.15, 0.2) is 0 Å². The van der Waals surface area contributed by atoms with Crippen LogP contribution in [0.4, 0.5) is 10.3 Å². The Morgan fingerprint density at radius 1 is 1.28 bits per heavy atom. The monoisotopic (exact) mass is 398 g/mol. The number of aromatic nitrogens is 2. The molecule has 2 saturated heterocycles. The molecule has 0 spiro atoms. The zero-order chi connectivity index (χ0) is 20.2. The summed E-state index contributed by atoms with van der Waals surface area (Å²) in [6.07, 6.45) is 5.19. The van der Waals surface area contributed by atoms with E-state index >= 15 is 0 Å². The smallest absolute Gasteiger partial charge is 0.257 e. The molecule has 8 heteroatoms.